The predicted molar refractivity (Wildman–Crippen MR) is 79.1 cm³/mol. The first-order valence-electron chi connectivity index (χ1n) is 6.82. The molecular formula is C14H25N3S. The first-order valence-corrected chi connectivity index (χ1v) is 7.64. The number of hydrogen-bond donors (Lipinski definition) is 1. The first-order chi connectivity index (χ1) is 8.58. The van der Waals surface area contributed by atoms with Gasteiger partial charge in [-0.05, 0) is 46.0 Å². The molecule has 102 valence electrons. The van der Waals surface area contributed by atoms with E-state index in [2.05, 4.69) is 42.8 Å². The summed E-state index contributed by atoms with van der Waals surface area (Å²) in [4.78, 5) is 7.78. The lowest BCUT2D eigenvalue weighted by Gasteiger charge is -2.32. The second kappa shape index (κ2) is 6.15. The van der Waals surface area contributed by atoms with Crippen LogP contribution in [0.5, 0.6) is 0 Å². The molecule has 2 heterocycles. The monoisotopic (exact) mass is 267 g/mol. The van der Waals surface area contributed by atoms with Gasteiger partial charge in [0.15, 0.2) is 0 Å². The zero-order valence-corrected chi connectivity index (χ0v) is 12.5. The first kappa shape index (κ1) is 14.0. The van der Waals surface area contributed by atoms with Crippen molar-refractivity contribution in [2.24, 2.45) is 5.73 Å². The van der Waals surface area contributed by atoms with Gasteiger partial charge >= 0.3 is 0 Å². The van der Waals surface area contributed by atoms with E-state index >= 15 is 0 Å². The van der Waals surface area contributed by atoms with E-state index in [1.165, 1.54) is 22.7 Å². The van der Waals surface area contributed by atoms with Crippen LogP contribution >= 0.6 is 11.3 Å². The average Bonchev–Trinajstić information content (AvgIpc) is 2.60. The van der Waals surface area contributed by atoms with Crippen molar-refractivity contribution in [2.45, 2.75) is 32.4 Å². The summed E-state index contributed by atoms with van der Waals surface area (Å²) in [5.74, 6) is 0. The summed E-state index contributed by atoms with van der Waals surface area (Å²) >= 11 is 1.89. The molecule has 1 aliphatic heterocycles. The summed E-state index contributed by atoms with van der Waals surface area (Å²) < 4.78 is 0. The minimum atomic E-state index is 0.187. The van der Waals surface area contributed by atoms with Crippen LogP contribution in [-0.2, 0) is 0 Å². The Labute approximate surface area is 115 Å². The van der Waals surface area contributed by atoms with Gasteiger partial charge in [-0.15, -0.1) is 11.3 Å². The van der Waals surface area contributed by atoms with Crippen LogP contribution in [-0.4, -0.2) is 49.1 Å². The lowest BCUT2D eigenvalue weighted by Crippen LogP contribution is -2.41. The Balaban J connectivity index is 2.14. The van der Waals surface area contributed by atoms with Gasteiger partial charge in [-0.25, -0.2) is 0 Å². The van der Waals surface area contributed by atoms with Crippen LogP contribution in [0.15, 0.2) is 12.1 Å². The Kier molecular flexibility index (Phi) is 4.78. The van der Waals surface area contributed by atoms with Gasteiger partial charge < -0.3 is 10.6 Å². The summed E-state index contributed by atoms with van der Waals surface area (Å²) in [5.41, 5.74) is 6.25. The molecule has 2 atom stereocenters. The molecule has 1 aromatic rings. The van der Waals surface area contributed by atoms with Crippen LogP contribution in [0.2, 0.25) is 0 Å². The van der Waals surface area contributed by atoms with Crippen molar-refractivity contribution in [1.29, 1.82) is 0 Å². The molecule has 0 bridgehead atoms. The molecule has 0 aromatic carbocycles. The van der Waals surface area contributed by atoms with E-state index in [4.69, 9.17) is 5.73 Å². The van der Waals surface area contributed by atoms with Gasteiger partial charge in [-0.3, -0.25) is 4.90 Å². The molecule has 0 spiro atoms. The maximum absolute atomic E-state index is 6.25. The normalized spacial score (nSPS) is 22.7. The van der Waals surface area contributed by atoms with Crippen molar-refractivity contribution in [3.63, 3.8) is 0 Å². The minimum absolute atomic E-state index is 0.187. The molecule has 0 aliphatic carbocycles. The lowest BCUT2D eigenvalue weighted by atomic mass is 10.1. The molecule has 0 saturated carbocycles. The SMILES string of the molecule is Cc1ccc(C(C(C)N)N2CCCN(C)CC2)s1. The van der Waals surface area contributed by atoms with E-state index in [1.54, 1.807) is 0 Å². The van der Waals surface area contributed by atoms with E-state index in [0.29, 0.717) is 6.04 Å². The Morgan fingerprint density at radius 2 is 2.00 bits per heavy atom. The van der Waals surface area contributed by atoms with Crippen LogP contribution in [0.4, 0.5) is 0 Å². The van der Waals surface area contributed by atoms with Crippen molar-refractivity contribution in [3.05, 3.63) is 21.9 Å². The summed E-state index contributed by atoms with van der Waals surface area (Å²) in [5, 5.41) is 0. The molecule has 2 rings (SSSR count). The van der Waals surface area contributed by atoms with Gasteiger partial charge in [0, 0.05) is 35.4 Å². The van der Waals surface area contributed by atoms with Gasteiger partial charge in [0.1, 0.15) is 0 Å². The molecule has 2 N–H and O–H groups in total. The Hall–Kier alpha value is -0.420. The van der Waals surface area contributed by atoms with Crippen LogP contribution < -0.4 is 5.73 Å². The van der Waals surface area contributed by atoms with Crippen molar-refractivity contribution < 1.29 is 0 Å². The van der Waals surface area contributed by atoms with Gasteiger partial charge in [-0.2, -0.15) is 0 Å². The van der Waals surface area contributed by atoms with Crippen molar-refractivity contribution in [1.82, 2.24) is 9.80 Å². The lowest BCUT2D eigenvalue weighted by molar-refractivity contribution is 0.185. The maximum atomic E-state index is 6.25. The molecule has 1 aromatic heterocycles. The van der Waals surface area contributed by atoms with Crippen LogP contribution in [0.3, 0.4) is 0 Å². The molecule has 0 amide bonds. The van der Waals surface area contributed by atoms with E-state index in [1.807, 2.05) is 11.3 Å². The molecule has 1 aliphatic rings. The van der Waals surface area contributed by atoms with Crippen molar-refractivity contribution >= 4 is 11.3 Å². The zero-order chi connectivity index (χ0) is 13.1. The van der Waals surface area contributed by atoms with Crippen LogP contribution in [0, 0.1) is 6.92 Å². The van der Waals surface area contributed by atoms with Crippen molar-refractivity contribution in [2.75, 3.05) is 33.2 Å². The fraction of sp³-hybridized carbons (Fsp3) is 0.714. The second-order valence-electron chi connectivity index (χ2n) is 5.45. The number of thiophene rings is 1. The Morgan fingerprint density at radius 1 is 1.22 bits per heavy atom. The van der Waals surface area contributed by atoms with E-state index in [9.17, 15) is 0 Å². The highest BCUT2D eigenvalue weighted by molar-refractivity contribution is 7.12. The van der Waals surface area contributed by atoms with Gasteiger partial charge in [0.2, 0.25) is 0 Å². The van der Waals surface area contributed by atoms with Gasteiger partial charge in [0.25, 0.3) is 0 Å². The standard InChI is InChI=1S/C14H25N3S/c1-11-5-6-13(18-11)14(12(2)15)17-8-4-7-16(3)9-10-17/h5-6,12,14H,4,7-10,15H2,1-3H3. The topological polar surface area (TPSA) is 32.5 Å². The number of nitrogens with two attached hydrogens (primary N) is 1. The van der Waals surface area contributed by atoms with E-state index in [0.717, 1.165) is 19.6 Å². The van der Waals surface area contributed by atoms with E-state index in [-0.39, 0.29) is 6.04 Å². The van der Waals surface area contributed by atoms with Crippen LogP contribution in [0.25, 0.3) is 0 Å². The molecule has 1 fully saturated rings. The molecule has 2 unspecified atom stereocenters. The smallest absolute Gasteiger partial charge is 0.0591 e. The Bertz CT molecular complexity index is 375. The molecule has 18 heavy (non-hydrogen) atoms. The maximum Gasteiger partial charge on any atom is 0.0591 e. The second-order valence-corrected chi connectivity index (χ2v) is 6.76. The summed E-state index contributed by atoms with van der Waals surface area (Å²) in [6.07, 6.45) is 1.24. The highest BCUT2D eigenvalue weighted by atomic mass is 32.1. The zero-order valence-electron chi connectivity index (χ0n) is 11.7. The minimum Gasteiger partial charge on any atom is -0.326 e. The molecule has 1 saturated heterocycles. The molecule has 0 radical (unpaired) electrons. The third-order valence-electron chi connectivity index (χ3n) is 3.70. The Morgan fingerprint density at radius 3 is 2.61 bits per heavy atom. The number of rotatable bonds is 3. The number of nitrogens with zero attached hydrogens (tertiary/aromatic N) is 2. The fourth-order valence-corrected chi connectivity index (χ4v) is 3.86. The highest BCUT2D eigenvalue weighted by Crippen LogP contribution is 2.30. The largest absolute Gasteiger partial charge is 0.326 e. The summed E-state index contributed by atoms with van der Waals surface area (Å²) in [6.45, 7) is 8.93. The fourth-order valence-electron chi connectivity index (χ4n) is 2.73. The van der Waals surface area contributed by atoms with E-state index < -0.39 is 0 Å². The number of aryl methyl sites for hydroxylation is 1. The van der Waals surface area contributed by atoms with Crippen LogP contribution in [0.1, 0.15) is 29.1 Å². The van der Waals surface area contributed by atoms with Gasteiger partial charge in [0.05, 0.1) is 6.04 Å². The molecule has 3 nitrogen and oxygen atoms in total. The summed E-state index contributed by atoms with van der Waals surface area (Å²) in [6, 6.07) is 5.03. The summed E-state index contributed by atoms with van der Waals surface area (Å²) in [7, 11) is 2.21. The quantitative estimate of drug-likeness (QED) is 0.910. The van der Waals surface area contributed by atoms with Gasteiger partial charge in [-0.1, -0.05) is 0 Å². The highest BCUT2D eigenvalue weighted by Gasteiger charge is 2.26. The average molecular weight is 267 g/mol. The third-order valence-corrected chi connectivity index (χ3v) is 4.77. The molecular weight excluding hydrogens is 242 g/mol. The number of hydrogen-bond acceptors (Lipinski definition) is 4. The van der Waals surface area contributed by atoms with Crippen molar-refractivity contribution in [3.8, 4) is 0 Å². The third kappa shape index (κ3) is 3.32. The number of likely N-dealkylation sites (N-methyl/N-ethyl adjacent to an activating group) is 1. The molecule has 4 heteroatoms. The predicted octanol–water partition coefficient (Wildman–Crippen LogP) is 2.08.